The highest BCUT2D eigenvalue weighted by atomic mass is 16.5. The number of carbonyl (C=O) groups is 2. The number of methoxy groups -OCH3 is 1. The van der Waals surface area contributed by atoms with E-state index >= 15 is 0 Å². The Morgan fingerprint density at radius 1 is 1.43 bits per heavy atom. The number of imidazole rings is 1. The number of hydrogen-bond acceptors (Lipinski definition) is 4. The average Bonchev–Trinajstić information content (AvgIpc) is 2.90. The zero-order chi connectivity index (χ0) is 15.7. The molecule has 0 bridgehead atoms. The first-order chi connectivity index (χ1) is 10.0. The lowest BCUT2D eigenvalue weighted by Crippen LogP contribution is -2.49. The van der Waals surface area contributed by atoms with Gasteiger partial charge in [0.15, 0.2) is 0 Å². The van der Waals surface area contributed by atoms with Crippen LogP contribution in [0, 0.1) is 0 Å². The molecule has 0 spiro atoms. The highest BCUT2D eigenvalue weighted by molar-refractivity contribution is 5.82. The molecule has 21 heavy (non-hydrogen) atoms. The molecule has 1 aromatic heterocycles. The van der Waals surface area contributed by atoms with Gasteiger partial charge in [-0.2, -0.15) is 0 Å². The highest BCUT2D eigenvalue weighted by Gasteiger charge is 2.20. The summed E-state index contributed by atoms with van der Waals surface area (Å²) < 4.78 is 6.70. The number of ether oxygens (including phenoxy) is 1. The van der Waals surface area contributed by atoms with Crippen molar-refractivity contribution in [3.8, 4) is 0 Å². The number of nitrogens with one attached hydrogen (secondary N) is 2. The lowest BCUT2D eigenvalue weighted by molar-refractivity contribution is -0.139. The third-order valence-corrected chi connectivity index (χ3v) is 2.87. The number of aromatic nitrogens is 2. The van der Waals surface area contributed by atoms with Crippen LogP contribution in [-0.2, 0) is 16.1 Å². The fourth-order valence-electron chi connectivity index (χ4n) is 1.87. The van der Waals surface area contributed by atoms with Crippen molar-refractivity contribution in [3.05, 3.63) is 18.7 Å². The molecule has 118 valence electrons. The number of urea groups is 1. The summed E-state index contributed by atoms with van der Waals surface area (Å²) in [4.78, 5) is 26.8. The van der Waals surface area contributed by atoms with E-state index in [4.69, 9.17) is 9.84 Å². The molecule has 1 heterocycles. The van der Waals surface area contributed by atoms with E-state index < -0.39 is 18.0 Å². The number of aliphatic carboxylic acids is 1. The van der Waals surface area contributed by atoms with Crippen LogP contribution in [0.15, 0.2) is 18.7 Å². The first-order valence-electron chi connectivity index (χ1n) is 6.77. The number of hydrogen-bond donors (Lipinski definition) is 3. The summed E-state index contributed by atoms with van der Waals surface area (Å²) in [7, 11) is 1.55. The maximum absolute atomic E-state index is 11.8. The van der Waals surface area contributed by atoms with Crippen LogP contribution < -0.4 is 10.6 Å². The standard InChI is InChI=1S/C13H22N4O4/c1-10(8-17-6-5-14-9-17)15-13(20)16-11(12(18)19)4-3-7-21-2/h5-6,9-11H,3-4,7-8H2,1-2H3,(H,18,19)(H2,15,16,20). The summed E-state index contributed by atoms with van der Waals surface area (Å²) in [5.41, 5.74) is 0. The van der Waals surface area contributed by atoms with Crippen molar-refractivity contribution in [2.45, 2.75) is 38.4 Å². The van der Waals surface area contributed by atoms with Gasteiger partial charge in [-0.15, -0.1) is 0 Å². The van der Waals surface area contributed by atoms with E-state index in [9.17, 15) is 9.59 Å². The number of carboxylic acid groups (broad SMARTS) is 1. The lowest BCUT2D eigenvalue weighted by atomic mass is 10.1. The van der Waals surface area contributed by atoms with Gasteiger partial charge >= 0.3 is 12.0 Å². The topological polar surface area (TPSA) is 105 Å². The van der Waals surface area contributed by atoms with Gasteiger partial charge in [0, 0.05) is 38.7 Å². The molecule has 0 aliphatic rings. The smallest absolute Gasteiger partial charge is 0.326 e. The van der Waals surface area contributed by atoms with Crippen molar-refractivity contribution < 1.29 is 19.4 Å². The van der Waals surface area contributed by atoms with Crippen LogP contribution in [0.25, 0.3) is 0 Å². The highest BCUT2D eigenvalue weighted by Crippen LogP contribution is 1.99. The Morgan fingerprint density at radius 3 is 2.76 bits per heavy atom. The molecular weight excluding hydrogens is 276 g/mol. The summed E-state index contributed by atoms with van der Waals surface area (Å²) in [5, 5.41) is 14.2. The van der Waals surface area contributed by atoms with Crippen LogP contribution >= 0.6 is 0 Å². The van der Waals surface area contributed by atoms with Gasteiger partial charge in [-0.3, -0.25) is 0 Å². The molecule has 0 aliphatic carbocycles. The van der Waals surface area contributed by atoms with E-state index in [1.807, 2.05) is 11.5 Å². The van der Waals surface area contributed by atoms with Crippen molar-refractivity contribution in [1.29, 1.82) is 0 Å². The molecule has 0 aliphatic heterocycles. The third-order valence-electron chi connectivity index (χ3n) is 2.87. The van der Waals surface area contributed by atoms with Gasteiger partial charge in [0.1, 0.15) is 6.04 Å². The molecule has 3 N–H and O–H groups in total. The normalized spacial score (nSPS) is 13.4. The fourth-order valence-corrected chi connectivity index (χ4v) is 1.87. The van der Waals surface area contributed by atoms with E-state index in [0.29, 0.717) is 26.0 Å². The lowest BCUT2D eigenvalue weighted by Gasteiger charge is -2.18. The molecule has 0 radical (unpaired) electrons. The monoisotopic (exact) mass is 298 g/mol. The Kier molecular flexibility index (Phi) is 7.24. The van der Waals surface area contributed by atoms with Crippen molar-refractivity contribution in [2.24, 2.45) is 0 Å². The number of rotatable bonds is 9. The van der Waals surface area contributed by atoms with Gasteiger partial charge in [0.25, 0.3) is 0 Å². The quantitative estimate of drug-likeness (QED) is 0.574. The number of amides is 2. The molecule has 0 aromatic carbocycles. The van der Waals surface area contributed by atoms with Crippen molar-refractivity contribution in [1.82, 2.24) is 20.2 Å². The Balaban J connectivity index is 2.36. The van der Waals surface area contributed by atoms with E-state index in [0.717, 1.165) is 0 Å². The second kappa shape index (κ2) is 8.96. The SMILES string of the molecule is COCCCC(NC(=O)NC(C)Cn1ccnc1)C(=O)O. The molecule has 0 saturated carbocycles. The van der Waals surface area contributed by atoms with E-state index in [1.54, 1.807) is 25.8 Å². The summed E-state index contributed by atoms with van der Waals surface area (Å²) in [6, 6.07) is -1.55. The van der Waals surface area contributed by atoms with Crippen molar-refractivity contribution in [3.63, 3.8) is 0 Å². The van der Waals surface area contributed by atoms with E-state index in [2.05, 4.69) is 15.6 Å². The number of carbonyl (C=O) groups excluding carboxylic acids is 1. The third kappa shape index (κ3) is 6.75. The minimum atomic E-state index is -1.05. The average molecular weight is 298 g/mol. The Morgan fingerprint density at radius 2 is 2.19 bits per heavy atom. The fraction of sp³-hybridized carbons (Fsp3) is 0.615. The summed E-state index contributed by atoms with van der Waals surface area (Å²) in [5.74, 6) is -1.05. The van der Waals surface area contributed by atoms with Crippen LogP contribution in [0.2, 0.25) is 0 Å². The number of carboxylic acids is 1. The van der Waals surface area contributed by atoms with Gasteiger partial charge in [0.05, 0.1) is 6.33 Å². The van der Waals surface area contributed by atoms with Gasteiger partial charge in [-0.25, -0.2) is 14.6 Å². The van der Waals surface area contributed by atoms with Crippen LogP contribution in [0.1, 0.15) is 19.8 Å². The zero-order valence-electron chi connectivity index (χ0n) is 12.3. The van der Waals surface area contributed by atoms with Crippen molar-refractivity contribution >= 4 is 12.0 Å². The second-order valence-corrected chi connectivity index (χ2v) is 4.80. The summed E-state index contributed by atoms with van der Waals surface area (Å²) in [6.45, 7) is 2.86. The van der Waals surface area contributed by atoms with E-state index in [-0.39, 0.29) is 6.04 Å². The maximum atomic E-state index is 11.8. The first kappa shape index (κ1) is 17.0. The van der Waals surface area contributed by atoms with Gasteiger partial charge in [-0.05, 0) is 19.8 Å². The molecule has 1 rings (SSSR count). The minimum absolute atomic E-state index is 0.146. The van der Waals surface area contributed by atoms with Gasteiger partial charge in [-0.1, -0.05) is 0 Å². The zero-order valence-corrected chi connectivity index (χ0v) is 12.3. The second-order valence-electron chi connectivity index (χ2n) is 4.80. The first-order valence-corrected chi connectivity index (χ1v) is 6.77. The summed E-state index contributed by atoms with van der Waals surface area (Å²) >= 11 is 0. The molecule has 0 fully saturated rings. The Bertz CT molecular complexity index is 435. The maximum Gasteiger partial charge on any atom is 0.326 e. The van der Waals surface area contributed by atoms with Crippen LogP contribution in [-0.4, -0.2) is 52.5 Å². The summed E-state index contributed by atoms with van der Waals surface area (Å²) in [6.07, 6.45) is 6.00. The predicted octanol–water partition coefficient (Wildman–Crippen LogP) is 0.451. The van der Waals surface area contributed by atoms with Crippen LogP contribution in [0.4, 0.5) is 4.79 Å². The number of nitrogens with zero attached hydrogens (tertiary/aromatic N) is 2. The molecule has 8 heteroatoms. The minimum Gasteiger partial charge on any atom is -0.480 e. The van der Waals surface area contributed by atoms with Crippen LogP contribution in [0.5, 0.6) is 0 Å². The van der Waals surface area contributed by atoms with Crippen molar-refractivity contribution in [2.75, 3.05) is 13.7 Å². The Hall–Kier alpha value is -2.09. The molecule has 0 saturated heterocycles. The van der Waals surface area contributed by atoms with Gasteiger partial charge < -0.3 is 25.0 Å². The molecule has 2 amide bonds. The predicted molar refractivity (Wildman–Crippen MR) is 75.9 cm³/mol. The molecule has 8 nitrogen and oxygen atoms in total. The molecule has 1 aromatic rings. The van der Waals surface area contributed by atoms with Crippen LogP contribution in [0.3, 0.4) is 0 Å². The molecular formula is C13H22N4O4. The van der Waals surface area contributed by atoms with E-state index in [1.165, 1.54) is 0 Å². The Labute approximate surface area is 123 Å². The molecule has 2 atom stereocenters. The molecule has 2 unspecified atom stereocenters. The van der Waals surface area contributed by atoms with Gasteiger partial charge in [0.2, 0.25) is 0 Å². The largest absolute Gasteiger partial charge is 0.480 e.